The number of hydrogen-bond donors (Lipinski definition) is 3. The molecule has 2 heterocycles. The molecule has 0 spiro atoms. The predicted molar refractivity (Wildman–Crippen MR) is 78.4 cm³/mol. The van der Waals surface area contributed by atoms with E-state index in [-0.39, 0.29) is 5.91 Å². The first kappa shape index (κ1) is 14.1. The number of nitrogens with zero attached hydrogens (tertiary/aromatic N) is 2. The molecule has 1 amide bonds. The van der Waals surface area contributed by atoms with Crippen molar-refractivity contribution in [2.45, 2.75) is 19.8 Å². The van der Waals surface area contributed by atoms with Crippen LogP contribution in [-0.4, -0.2) is 42.0 Å². The van der Waals surface area contributed by atoms with Crippen LogP contribution in [0.5, 0.6) is 0 Å². The lowest BCUT2D eigenvalue weighted by Crippen LogP contribution is -2.29. The fraction of sp³-hybridized carbons (Fsp3) is 0.667. The van der Waals surface area contributed by atoms with E-state index in [1.165, 1.54) is 11.3 Å². The molecule has 1 aliphatic heterocycles. The Labute approximate surface area is 117 Å². The van der Waals surface area contributed by atoms with Crippen LogP contribution < -0.4 is 16.8 Å². The van der Waals surface area contributed by atoms with Crippen molar-refractivity contribution in [2.24, 2.45) is 11.7 Å². The Kier molecular flexibility index (Phi) is 4.60. The molecule has 1 atom stereocenters. The summed E-state index contributed by atoms with van der Waals surface area (Å²) in [5.74, 6) is 0.719. The van der Waals surface area contributed by atoms with E-state index in [4.69, 9.17) is 11.5 Å². The van der Waals surface area contributed by atoms with E-state index in [0.717, 1.165) is 37.6 Å². The van der Waals surface area contributed by atoms with E-state index in [0.29, 0.717) is 23.2 Å². The zero-order valence-corrected chi connectivity index (χ0v) is 12.0. The van der Waals surface area contributed by atoms with Gasteiger partial charge in [-0.15, -0.1) is 0 Å². The standard InChI is InChI=1S/C12H21N5OS/c1-2-4-15-12-16-10(14)9(19-12)11(18)17-5-3-8(6-13)7-17/h8H,2-7,13-14H2,1H3,(H,15,16). The van der Waals surface area contributed by atoms with E-state index in [1.807, 2.05) is 4.90 Å². The summed E-state index contributed by atoms with van der Waals surface area (Å²) in [5.41, 5.74) is 11.5. The molecule has 7 heteroatoms. The van der Waals surface area contributed by atoms with Crippen LogP contribution in [0.4, 0.5) is 10.9 Å². The number of likely N-dealkylation sites (tertiary alicyclic amines) is 1. The highest BCUT2D eigenvalue weighted by Crippen LogP contribution is 2.28. The van der Waals surface area contributed by atoms with Crippen LogP contribution in [0.1, 0.15) is 29.4 Å². The molecule has 1 aromatic heterocycles. The van der Waals surface area contributed by atoms with E-state index in [9.17, 15) is 4.79 Å². The number of carbonyl (C=O) groups excluding carboxylic acids is 1. The second kappa shape index (κ2) is 6.21. The Morgan fingerprint density at radius 3 is 3.05 bits per heavy atom. The number of nitrogens with two attached hydrogens (primary N) is 2. The maximum atomic E-state index is 12.4. The third-order valence-electron chi connectivity index (χ3n) is 3.28. The Hall–Kier alpha value is -1.34. The summed E-state index contributed by atoms with van der Waals surface area (Å²) in [6.07, 6.45) is 1.98. The minimum Gasteiger partial charge on any atom is -0.382 e. The summed E-state index contributed by atoms with van der Waals surface area (Å²) in [6.45, 7) is 5.03. The Morgan fingerprint density at radius 1 is 1.63 bits per heavy atom. The van der Waals surface area contributed by atoms with Gasteiger partial charge in [0.25, 0.3) is 5.91 Å². The number of thiazole rings is 1. The summed E-state index contributed by atoms with van der Waals surface area (Å²) in [4.78, 5) is 18.9. The first-order valence-electron chi connectivity index (χ1n) is 6.65. The highest BCUT2D eigenvalue weighted by molar-refractivity contribution is 7.18. The van der Waals surface area contributed by atoms with Gasteiger partial charge in [0.15, 0.2) is 5.13 Å². The van der Waals surface area contributed by atoms with Gasteiger partial charge in [0.1, 0.15) is 10.7 Å². The minimum absolute atomic E-state index is 0.0181. The van der Waals surface area contributed by atoms with Crippen LogP contribution in [0, 0.1) is 5.92 Å². The van der Waals surface area contributed by atoms with Crippen LogP contribution in [0.2, 0.25) is 0 Å². The number of aromatic nitrogens is 1. The molecular formula is C12H21N5OS. The third kappa shape index (κ3) is 3.16. The quantitative estimate of drug-likeness (QED) is 0.748. The normalized spacial score (nSPS) is 18.8. The number of rotatable bonds is 5. The average molecular weight is 283 g/mol. The lowest BCUT2D eigenvalue weighted by Gasteiger charge is -2.15. The van der Waals surface area contributed by atoms with Crippen LogP contribution in [0.25, 0.3) is 0 Å². The smallest absolute Gasteiger partial charge is 0.267 e. The second-order valence-electron chi connectivity index (χ2n) is 4.80. The zero-order valence-electron chi connectivity index (χ0n) is 11.2. The van der Waals surface area contributed by atoms with Gasteiger partial charge < -0.3 is 21.7 Å². The molecule has 106 valence electrons. The van der Waals surface area contributed by atoms with Gasteiger partial charge in [0.05, 0.1) is 0 Å². The summed E-state index contributed by atoms with van der Waals surface area (Å²) in [7, 11) is 0. The van der Waals surface area contributed by atoms with Crippen molar-refractivity contribution in [3.63, 3.8) is 0 Å². The Balaban J connectivity index is 2.04. The van der Waals surface area contributed by atoms with Crippen molar-refractivity contribution in [2.75, 3.05) is 37.2 Å². The van der Waals surface area contributed by atoms with E-state index in [2.05, 4.69) is 17.2 Å². The SMILES string of the molecule is CCCNc1nc(N)c(C(=O)N2CCC(CN)C2)s1. The van der Waals surface area contributed by atoms with Crippen molar-refractivity contribution >= 4 is 28.2 Å². The summed E-state index contributed by atoms with van der Waals surface area (Å²) >= 11 is 1.33. The molecule has 1 saturated heterocycles. The van der Waals surface area contributed by atoms with Gasteiger partial charge in [-0.2, -0.15) is 0 Å². The van der Waals surface area contributed by atoms with E-state index >= 15 is 0 Å². The van der Waals surface area contributed by atoms with Crippen molar-refractivity contribution in [3.05, 3.63) is 4.88 Å². The van der Waals surface area contributed by atoms with Crippen LogP contribution in [-0.2, 0) is 0 Å². The molecule has 19 heavy (non-hydrogen) atoms. The van der Waals surface area contributed by atoms with Gasteiger partial charge >= 0.3 is 0 Å². The highest BCUT2D eigenvalue weighted by Gasteiger charge is 2.28. The first-order valence-corrected chi connectivity index (χ1v) is 7.46. The van der Waals surface area contributed by atoms with Crippen LogP contribution in [0.3, 0.4) is 0 Å². The molecule has 0 bridgehead atoms. The van der Waals surface area contributed by atoms with Crippen molar-refractivity contribution in [1.29, 1.82) is 0 Å². The predicted octanol–water partition coefficient (Wildman–Crippen LogP) is 0.968. The largest absolute Gasteiger partial charge is 0.382 e. The van der Waals surface area contributed by atoms with E-state index in [1.54, 1.807) is 0 Å². The molecular weight excluding hydrogens is 262 g/mol. The number of anilines is 2. The molecule has 1 unspecified atom stereocenters. The van der Waals surface area contributed by atoms with Crippen molar-refractivity contribution < 1.29 is 4.79 Å². The fourth-order valence-corrected chi connectivity index (χ4v) is 3.02. The number of carbonyl (C=O) groups is 1. The summed E-state index contributed by atoms with van der Waals surface area (Å²) < 4.78 is 0. The molecule has 0 radical (unpaired) electrons. The number of nitrogens with one attached hydrogen (secondary N) is 1. The molecule has 6 nitrogen and oxygen atoms in total. The van der Waals surface area contributed by atoms with Gasteiger partial charge in [-0.25, -0.2) is 4.98 Å². The fourth-order valence-electron chi connectivity index (χ4n) is 2.15. The lowest BCUT2D eigenvalue weighted by molar-refractivity contribution is 0.0793. The molecule has 0 saturated carbocycles. The van der Waals surface area contributed by atoms with E-state index < -0.39 is 0 Å². The Bertz CT molecular complexity index is 447. The van der Waals surface area contributed by atoms with Gasteiger partial charge in [0.2, 0.25) is 0 Å². The second-order valence-corrected chi connectivity index (χ2v) is 5.80. The maximum absolute atomic E-state index is 12.4. The molecule has 1 aliphatic rings. The monoisotopic (exact) mass is 283 g/mol. The lowest BCUT2D eigenvalue weighted by atomic mass is 10.1. The molecule has 2 rings (SSSR count). The van der Waals surface area contributed by atoms with Crippen LogP contribution in [0.15, 0.2) is 0 Å². The van der Waals surface area contributed by atoms with Gasteiger partial charge in [-0.05, 0) is 25.3 Å². The summed E-state index contributed by atoms with van der Waals surface area (Å²) in [5, 5.41) is 3.88. The number of nitrogen functional groups attached to an aromatic ring is 1. The number of amides is 1. The molecule has 0 aromatic carbocycles. The van der Waals surface area contributed by atoms with Gasteiger partial charge in [0, 0.05) is 19.6 Å². The topological polar surface area (TPSA) is 97.3 Å². The third-order valence-corrected chi connectivity index (χ3v) is 4.30. The minimum atomic E-state index is -0.0181. The molecule has 1 aromatic rings. The van der Waals surface area contributed by atoms with Gasteiger partial charge in [-0.3, -0.25) is 4.79 Å². The van der Waals surface area contributed by atoms with Crippen LogP contribution >= 0.6 is 11.3 Å². The molecule has 0 aliphatic carbocycles. The Morgan fingerprint density at radius 2 is 2.42 bits per heavy atom. The van der Waals surface area contributed by atoms with Gasteiger partial charge in [-0.1, -0.05) is 18.3 Å². The summed E-state index contributed by atoms with van der Waals surface area (Å²) in [6, 6.07) is 0. The average Bonchev–Trinajstić information content (AvgIpc) is 3.02. The molecule has 5 N–H and O–H groups in total. The van der Waals surface area contributed by atoms with Crippen molar-refractivity contribution in [3.8, 4) is 0 Å². The highest BCUT2D eigenvalue weighted by atomic mass is 32.1. The number of hydrogen-bond acceptors (Lipinski definition) is 6. The first-order chi connectivity index (χ1) is 9.15. The molecule has 1 fully saturated rings. The van der Waals surface area contributed by atoms with Crippen molar-refractivity contribution in [1.82, 2.24) is 9.88 Å². The maximum Gasteiger partial charge on any atom is 0.267 e. The zero-order chi connectivity index (χ0) is 13.8.